The highest BCUT2D eigenvalue weighted by Gasteiger charge is 2.13. The Morgan fingerprint density at radius 2 is 2.04 bits per heavy atom. The number of hydrogen-bond donors (Lipinski definition) is 0. The maximum atomic E-state index is 13.3. The number of aryl methyl sites for hydroxylation is 2. The van der Waals surface area contributed by atoms with Crippen LogP contribution in [0.25, 0.3) is 22.1 Å². The Morgan fingerprint density at radius 3 is 2.83 bits per heavy atom. The van der Waals surface area contributed by atoms with Crippen LogP contribution in [0.3, 0.4) is 0 Å². The number of hydrogen-bond acceptors (Lipinski definition) is 3. The normalized spacial score (nSPS) is 12.6. The molecule has 0 radical (unpaired) electrons. The van der Waals surface area contributed by atoms with Crippen molar-refractivity contribution in [1.82, 2.24) is 9.38 Å². The van der Waals surface area contributed by atoms with Gasteiger partial charge in [0.1, 0.15) is 5.82 Å². The molecule has 0 saturated carbocycles. The number of rotatable bonds is 1. The Morgan fingerprint density at radius 1 is 1.22 bits per heavy atom. The summed E-state index contributed by atoms with van der Waals surface area (Å²) in [7, 11) is 0. The molecule has 4 rings (SSSR count). The third kappa shape index (κ3) is 2.16. The number of benzene rings is 2. The summed E-state index contributed by atoms with van der Waals surface area (Å²) in [6, 6.07) is 10.1. The van der Waals surface area contributed by atoms with E-state index in [2.05, 4.69) is 4.98 Å². The summed E-state index contributed by atoms with van der Waals surface area (Å²) in [6.07, 6.45) is 1.71. The van der Waals surface area contributed by atoms with Gasteiger partial charge in [-0.1, -0.05) is 29.5 Å². The third-order valence-electron chi connectivity index (χ3n) is 4.08. The SMILES string of the molecule is Cc1ccc2c(nc3s/c(=C\c4cccc(F)c4)c(=O)n32)c1C. The summed E-state index contributed by atoms with van der Waals surface area (Å²) in [5.41, 5.74) is 4.49. The molecule has 0 amide bonds. The van der Waals surface area contributed by atoms with Gasteiger partial charge in [0.05, 0.1) is 15.6 Å². The molecule has 2 aromatic carbocycles. The minimum atomic E-state index is -0.316. The molecule has 2 aromatic heterocycles. The summed E-state index contributed by atoms with van der Waals surface area (Å²) >= 11 is 1.33. The molecule has 0 N–H and O–H groups in total. The van der Waals surface area contributed by atoms with Gasteiger partial charge in [-0.2, -0.15) is 0 Å². The van der Waals surface area contributed by atoms with E-state index in [-0.39, 0.29) is 11.4 Å². The smallest absolute Gasteiger partial charge is 0.267 e. The quantitative estimate of drug-likeness (QED) is 0.539. The molecule has 2 heterocycles. The van der Waals surface area contributed by atoms with Crippen LogP contribution in [-0.2, 0) is 0 Å². The lowest BCUT2D eigenvalue weighted by Crippen LogP contribution is -2.22. The van der Waals surface area contributed by atoms with Crippen molar-refractivity contribution in [1.29, 1.82) is 0 Å². The molecule has 0 atom stereocenters. The van der Waals surface area contributed by atoms with Crippen LogP contribution >= 0.6 is 11.3 Å². The molecule has 5 heteroatoms. The summed E-state index contributed by atoms with van der Waals surface area (Å²) < 4.78 is 15.5. The number of nitrogens with zero attached hydrogens (tertiary/aromatic N) is 2. The predicted octanol–water partition coefficient (Wildman–Crippen LogP) is 3.21. The van der Waals surface area contributed by atoms with E-state index in [1.807, 2.05) is 26.0 Å². The van der Waals surface area contributed by atoms with E-state index in [1.165, 1.54) is 23.5 Å². The first-order valence-corrected chi connectivity index (χ1v) is 8.05. The van der Waals surface area contributed by atoms with Crippen molar-refractivity contribution in [3.8, 4) is 0 Å². The van der Waals surface area contributed by atoms with Crippen LogP contribution in [0.15, 0.2) is 41.2 Å². The highest BCUT2D eigenvalue weighted by Crippen LogP contribution is 2.22. The molecule has 0 saturated heterocycles. The van der Waals surface area contributed by atoms with Crippen LogP contribution in [0.4, 0.5) is 4.39 Å². The van der Waals surface area contributed by atoms with Crippen LogP contribution in [-0.4, -0.2) is 9.38 Å². The van der Waals surface area contributed by atoms with Gasteiger partial charge in [0, 0.05) is 0 Å². The Bertz CT molecular complexity index is 1170. The average Bonchev–Trinajstić information content (AvgIpc) is 3.02. The number of aromatic nitrogens is 2. The molecule has 0 spiro atoms. The van der Waals surface area contributed by atoms with Crippen LogP contribution < -0.4 is 10.1 Å². The second kappa shape index (κ2) is 4.99. The van der Waals surface area contributed by atoms with Gasteiger partial charge >= 0.3 is 0 Å². The van der Waals surface area contributed by atoms with Gasteiger partial charge in [-0.25, -0.2) is 13.8 Å². The molecule has 0 unspecified atom stereocenters. The van der Waals surface area contributed by atoms with Crippen LogP contribution in [0, 0.1) is 19.7 Å². The summed E-state index contributed by atoms with van der Waals surface area (Å²) in [5.74, 6) is -0.316. The molecule has 0 bridgehead atoms. The van der Waals surface area contributed by atoms with Crippen molar-refractivity contribution in [2.24, 2.45) is 0 Å². The topological polar surface area (TPSA) is 34.4 Å². The molecule has 0 fully saturated rings. The van der Waals surface area contributed by atoms with E-state index in [1.54, 1.807) is 22.6 Å². The Kier molecular flexibility index (Phi) is 3.06. The van der Waals surface area contributed by atoms with Gasteiger partial charge in [-0.05, 0) is 54.8 Å². The van der Waals surface area contributed by atoms with Gasteiger partial charge in [-0.3, -0.25) is 4.79 Å². The molecular weight excluding hydrogens is 311 g/mol. The largest absolute Gasteiger partial charge is 0.274 e. The van der Waals surface area contributed by atoms with Crippen molar-refractivity contribution in [2.45, 2.75) is 13.8 Å². The zero-order valence-electron chi connectivity index (χ0n) is 12.6. The van der Waals surface area contributed by atoms with E-state index in [0.29, 0.717) is 15.1 Å². The fourth-order valence-corrected chi connectivity index (χ4v) is 3.69. The van der Waals surface area contributed by atoms with Gasteiger partial charge in [0.2, 0.25) is 0 Å². The number of imidazole rings is 1. The number of fused-ring (bicyclic) bond motifs is 3. The van der Waals surface area contributed by atoms with Crippen molar-refractivity contribution < 1.29 is 4.39 Å². The van der Waals surface area contributed by atoms with Gasteiger partial charge in [0.15, 0.2) is 4.96 Å². The van der Waals surface area contributed by atoms with Crippen molar-refractivity contribution >= 4 is 33.4 Å². The molecule has 3 nitrogen and oxygen atoms in total. The monoisotopic (exact) mass is 324 g/mol. The van der Waals surface area contributed by atoms with E-state index < -0.39 is 0 Å². The zero-order chi connectivity index (χ0) is 16.1. The van der Waals surface area contributed by atoms with Gasteiger partial charge in [0.25, 0.3) is 5.56 Å². The fourth-order valence-electron chi connectivity index (χ4n) is 2.71. The van der Waals surface area contributed by atoms with E-state index >= 15 is 0 Å². The second-order valence-corrected chi connectivity index (χ2v) is 6.58. The van der Waals surface area contributed by atoms with Crippen LogP contribution in [0.5, 0.6) is 0 Å². The standard InChI is InChI=1S/C18H13FN2OS/c1-10-6-7-14-16(11(10)2)20-18-21(14)17(22)15(23-18)9-12-4-3-5-13(19)8-12/h3-9H,1-2H3/b15-9-. The maximum Gasteiger partial charge on any atom is 0.274 e. The highest BCUT2D eigenvalue weighted by molar-refractivity contribution is 7.15. The molecule has 0 aliphatic carbocycles. The summed E-state index contributed by atoms with van der Waals surface area (Å²) in [4.78, 5) is 18.0. The molecule has 114 valence electrons. The predicted molar refractivity (Wildman–Crippen MR) is 91.5 cm³/mol. The van der Waals surface area contributed by atoms with E-state index in [9.17, 15) is 9.18 Å². The van der Waals surface area contributed by atoms with Crippen molar-refractivity contribution in [3.05, 3.63) is 73.8 Å². The lowest BCUT2D eigenvalue weighted by atomic mass is 10.1. The third-order valence-corrected chi connectivity index (χ3v) is 5.05. The maximum absolute atomic E-state index is 13.3. The Labute approximate surface area is 135 Å². The van der Waals surface area contributed by atoms with Crippen LogP contribution in [0.2, 0.25) is 0 Å². The second-order valence-electron chi connectivity index (χ2n) is 5.58. The van der Waals surface area contributed by atoms with Gasteiger partial charge in [-0.15, -0.1) is 0 Å². The minimum Gasteiger partial charge on any atom is -0.267 e. The summed E-state index contributed by atoms with van der Waals surface area (Å²) in [5, 5.41) is 0. The number of thiazole rings is 1. The molecule has 4 aromatic rings. The Hall–Kier alpha value is -2.53. The molecule has 23 heavy (non-hydrogen) atoms. The lowest BCUT2D eigenvalue weighted by Gasteiger charge is -1.99. The molecule has 0 aliphatic heterocycles. The first-order valence-electron chi connectivity index (χ1n) is 7.23. The molecule has 0 aliphatic rings. The highest BCUT2D eigenvalue weighted by atomic mass is 32.1. The molecular formula is C18H13FN2OS. The number of halogens is 1. The zero-order valence-corrected chi connectivity index (χ0v) is 13.4. The van der Waals surface area contributed by atoms with Gasteiger partial charge < -0.3 is 0 Å². The Balaban J connectivity index is 2.03. The fraction of sp³-hybridized carbons (Fsp3) is 0.111. The minimum absolute atomic E-state index is 0.111. The van der Waals surface area contributed by atoms with E-state index in [0.717, 1.165) is 22.2 Å². The lowest BCUT2D eigenvalue weighted by molar-refractivity contribution is 0.627. The van der Waals surface area contributed by atoms with Crippen molar-refractivity contribution in [2.75, 3.05) is 0 Å². The van der Waals surface area contributed by atoms with E-state index in [4.69, 9.17) is 0 Å². The first kappa shape index (κ1) is 14.1. The first-order chi connectivity index (χ1) is 11.0. The van der Waals surface area contributed by atoms with Crippen LogP contribution in [0.1, 0.15) is 16.7 Å². The summed E-state index contributed by atoms with van der Waals surface area (Å²) in [6.45, 7) is 4.04. The van der Waals surface area contributed by atoms with Crippen molar-refractivity contribution in [3.63, 3.8) is 0 Å². The average molecular weight is 324 g/mol.